The van der Waals surface area contributed by atoms with Crippen LogP contribution >= 0.6 is 23.1 Å². The maximum Gasteiger partial charge on any atom is 0.191 e. The molecule has 2 aromatic carbocycles. The molecule has 0 radical (unpaired) electrons. The largest absolute Gasteiger partial charge is 0.302 e. The first-order valence-electron chi connectivity index (χ1n) is 10.2. The second-order valence-corrected chi connectivity index (χ2v) is 9.43. The molecule has 4 rings (SSSR count). The number of aryl methyl sites for hydroxylation is 1. The predicted molar refractivity (Wildman–Crippen MR) is 127 cm³/mol. The second kappa shape index (κ2) is 9.14. The molecule has 0 aliphatic heterocycles. The van der Waals surface area contributed by atoms with Gasteiger partial charge in [-0.1, -0.05) is 73.6 Å². The van der Waals surface area contributed by atoms with Crippen molar-refractivity contribution in [3.63, 3.8) is 0 Å². The van der Waals surface area contributed by atoms with E-state index in [1.165, 1.54) is 16.7 Å². The number of thioether (sulfide) groups is 1. The zero-order valence-corrected chi connectivity index (χ0v) is 19.4. The van der Waals surface area contributed by atoms with Gasteiger partial charge in [0.25, 0.3) is 0 Å². The minimum atomic E-state index is 0.525. The number of thiazole rings is 1. The van der Waals surface area contributed by atoms with Crippen LogP contribution < -0.4 is 0 Å². The van der Waals surface area contributed by atoms with Crippen molar-refractivity contribution in [3.8, 4) is 22.0 Å². The first kappa shape index (κ1) is 20.8. The molecule has 4 aromatic rings. The molecule has 2 heterocycles. The summed E-state index contributed by atoms with van der Waals surface area (Å²) in [6.07, 6.45) is 0. The van der Waals surface area contributed by atoms with Crippen LogP contribution in [0.3, 0.4) is 0 Å². The van der Waals surface area contributed by atoms with Crippen molar-refractivity contribution in [1.29, 1.82) is 0 Å². The van der Waals surface area contributed by atoms with E-state index in [9.17, 15) is 0 Å². The zero-order valence-electron chi connectivity index (χ0n) is 17.8. The number of rotatable bonds is 7. The van der Waals surface area contributed by atoms with Gasteiger partial charge < -0.3 is 4.57 Å². The average Bonchev–Trinajstić information content (AvgIpc) is 3.39. The summed E-state index contributed by atoms with van der Waals surface area (Å²) >= 11 is 3.39. The minimum absolute atomic E-state index is 0.525. The lowest BCUT2D eigenvalue weighted by Gasteiger charge is -2.09. The van der Waals surface area contributed by atoms with Crippen molar-refractivity contribution < 1.29 is 0 Å². The van der Waals surface area contributed by atoms with E-state index in [1.54, 1.807) is 23.1 Å². The van der Waals surface area contributed by atoms with Crippen LogP contribution in [-0.4, -0.2) is 19.7 Å². The summed E-state index contributed by atoms with van der Waals surface area (Å²) in [4.78, 5) is 4.82. The molecule has 0 N–H and O–H groups in total. The van der Waals surface area contributed by atoms with E-state index in [0.717, 1.165) is 39.5 Å². The highest BCUT2D eigenvalue weighted by Crippen LogP contribution is 2.30. The number of hydrogen-bond acceptors (Lipinski definition) is 5. The summed E-state index contributed by atoms with van der Waals surface area (Å²) in [7, 11) is 0. The lowest BCUT2D eigenvalue weighted by molar-refractivity contribution is 0.687. The van der Waals surface area contributed by atoms with Crippen molar-refractivity contribution in [3.05, 3.63) is 70.7 Å². The van der Waals surface area contributed by atoms with Gasteiger partial charge in [0.15, 0.2) is 11.0 Å². The van der Waals surface area contributed by atoms with Gasteiger partial charge in [-0.05, 0) is 31.4 Å². The normalized spacial score (nSPS) is 11.4. The van der Waals surface area contributed by atoms with Gasteiger partial charge in [0.1, 0.15) is 5.01 Å². The molecule has 154 valence electrons. The molecular formula is C24H26N4S2. The van der Waals surface area contributed by atoms with E-state index in [1.807, 2.05) is 0 Å². The number of aromatic nitrogens is 4. The van der Waals surface area contributed by atoms with Crippen molar-refractivity contribution >= 4 is 23.1 Å². The van der Waals surface area contributed by atoms with Crippen molar-refractivity contribution in [2.75, 3.05) is 0 Å². The first-order valence-corrected chi connectivity index (χ1v) is 12.1. The third-order valence-electron chi connectivity index (χ3n) is 5.03. The van der Waals surface area contributed by atoms with E-state index in [4.69, 9.17) is 4.98 Å². The Balaban J connectivity index is 1.49. The summed E-state index contributed by atoms with van der Waals surface area (Å²) in [5, 5.41) is 13.1. The summed E-state index contributed by atoms with van der Waals surface area (Å²) in [5.74, 6) is 2.23. The SMILES string of the molecule is CCn1c(SCc2csc(-c3cccc(C)c3)n2)nnc1-c1ccc(C(C)C)cc1. The third-order valence-corrected chi connectivity index (χ3v) is 6.98. The Morgan fingerprint density at radius 1 is 1.03 bits per heavy atom. The molecule has 0 spiro atoms. The number of benzene rings is 2. The topological polar surface area (TPSA) is 43.6 Å². The summed E-state index contributed by atoms with van der Waals surface area (Å²) in [6.45, 7) is 9.50. The molecule has 0 aliphatic carbocycles. The fraction of sp³-hybridized carbons (Fsp3) is 0.292. The van der Waals surface area contributed by atoms with Crippen molar-refractivity contribution in [2.45, 2.75) is 51.1 Å². The van der Waals surface area contributed by atoms with Gasteiger partial charge in [-0.25, -0.2) is 4.98 Å². The Kier molecular flexibility index (Phi) is 6.35. The fourth-order valence-corrected chi connectivity index (χ4v) is 5.15. The molecule has 0 fully saturated rings. The molecule has 4 nitrogen and oxygen atoms in total. The van der Waals surface area contributed by atoms with E-state index in [0.29, 0.717) is 5.92 Å². The Morgan fingerprint density at radius 2 is 1.83 bits per heavy atom. The molecular weight excluding hydrogens is 408 g/mol. The van der Waals surface area contributed by atoms with Gasteiger partial charge in [-0.2, -0.15) is 0 Å². The highest BCUT2D eigenvalue weighted by molar-refractivity contribution is 7.98. The van der Waals surface area contributed by atoms with E-state index in [-0.39, 0.29) is 0 Å². The summed E-state index contributed by atoms with van der Waals surface area (Å²) in [5.41, 5.74) is 5.96. The lowest BCUT2D eigenvalue weighted by Crippen LogP contribution is -2.00. The highest BCUT2D eigenvalue weighted by Gasteiger charge is 2.14. The van der Waals surface area contributed by atoms with Gasteiger partial charge in [0.2, 0.25) is 0 Å². The standard InChI is InChI=1S/C24H26N4S2/c1-5-28-22(19-11-9-18(10-12-19)16(2)3)26-27-24(28)30-15-21-14-29-23(25-21)20-8-6-7-17(4)13-20/h6-14,16H,5,15H2,1-4H3. The van der Waals surface area contributed by atoms with E-state index >= 15 is 0 Å². The third kappa shape index (κ3) is 4.50. The molecule has 0 bridgehead atoms. The van der Waals surface area contributed by atoms with Crippen LogP contribution in [0.25, 0.3) is 22.0 Å². The van der Waals surface area contributed by atoms with Crippen molar-refractivity contribution in [2.24, 2.45) is 0 Å². The van der Waals surface area contributed by atoms with Crippen LogP contribution in [0, 0.1) is 6.92 Å². The molecule has 0 aliphatic rings. The highest BCUT2D eigenvalue weighted by atomic mass is 32.2. The van der Waals surface area contributed by atoms with Crippen LogP contribution in [0.15, 0.2) is 59.1 Å². The molecule has 6 heteroatoms. The van der Waals surface area contributed by atoms with Crippen LogP contribution in [0.2, 0.25) is 0 Å². The zero-order chi connectivity index (χ0) is 21.1. The number of hydrogen-bond donors (Lipinski definition) is 0. The Hall–Kier alpha value is -2.44. The molecule has 0 unspecified atom stereocenters. The average molecular weight is 435 g/mol. The van der Waals surface area contributed by atoms with Crippen molar-refractivity contribution in [1.82, 2.24) is 19.7 Å². The van der Waals surface area contributed by atoms with E-state index < -0.39 is 0 Å². The van der Waals surface area contributed by atoms with Crippen LogP contribution in [-0.2, 0) is 12.3 Å². The maximum absolute atomic E-state index is 4.82. The Morgan fingerprint density at radius 3 is 2.53 bits per heavy atom. The smallest absolute Gasteiger partial charge is 0.191 e. The van der Waals surface area contributed by atoms with Crippen LogP contribution in [0.1, 0.15) is 43.5 Å². The molecule has 0 atom stereocenters. The van der Waals surface area contributed by atoms with Gasteiger partial charge in [-0.3, -0.25) is 0 Å². The summed E-state index contributed by atoms with van der Waals surface area (Å²) < 4.78 is 2.18. The minimum Gasteiger partial charge on any atom is -0.302 e. The second-order valence-electron chi connectivity index (χ2n) is 7.63. The molecule has 0 saturated carbocycles. The van der Waals surface area contributed by atoms with Gasteiger partial charge >= 0.3 is 0 Å². The molecule has 0 saturated heterocycles. The van der Waals surface area contributed by atoms with Gasteiger partial charge in [-0.15, -0.1) is 21.5 Å². The van der Waals surface area contributed by atoms with Gasteiger partial charge in [0.05, 0.1) is 5.69 Å². The van der Waals surface area contributed by atoms with Gasteiger partial charge in [0, 0.05) is 28.8 Å². The first-order chi connectivity index (χ1) is 14.5. The molecule has 30 heavy (non-hydrogen) atoms. The van der Waals surface area contributed by atoms with Crippen LogP contribution in [0.5, 0.6) is 0 Å². The Labute approximate surface area is 186 Å². The quantitative estimate of drug-likeness (QED) is 0.300. The monoisotopic (exact) mass is 434 g/mol. The van der Waals surface area contributed by atoms with Crippen LogP contribution in [0.4, 0.5) is 0 Å². The lowest BCUT2D eigenvalue weighted by atomic mass is 10.0. The summed E-state index contributed by atoms with van der Waals surface area (Å²) in [6, 6.07) is 17.2. The Bertz CT molecular complexity index is 1130. The fourth-order valence-electron chi connectivity index (χ4n) is 3.33. The van der Waals surface area contributed by atoms with E-state index in [2.05, 4.69) is 96.4 Å². The molecule has 2 aromatic heterocycles. The molecule has 0 amide bonds. The maximum atomic E-state index is 4.82. The predicted octanol–water partition coefficient (Wildman–Crippen LogP) is 6.81. The number of nitrogens with zero attached hydrogens (tertiary/aromatic N) is 4.